The Hall–Kier alpha value is -6.69. The van der Waals surface area contributed by atoms with E-state index < -0.39 is 40.6 Å². The summed E-state index contributed by atoms with van der Waals surface area (Å²) in [5.41, 5.74) is 4.44. The number of rotatable bonds is 26. The van der Waals surface area contributed by atoms with Gasteiger partial charge in [0.1, 0.15) is 24.1 Å². The van der Waals surface area contributed by atoms with Crippen LogP contribution in [0, 0.1) is 27.9 Å². The molecule has 0 spiro atoms. The number of aliphatic hydroxyl groups excluding tert-OH is 3. The number of ether oxygens (including phenoxy) is 4. The molecule has 4 aromatic rings. The molecule has 7 rings (SSSR count). The number of amides is 2. The normalized spacial score (nSPS) is 21.6. The molecule has 6 atom stereocenters. The van der Waals surface area contributed by atoms with E-state index in [1.165, 1.54) is 18.2 Å². The lowest BCUT2D eigenvalue weighted by atomic mass is 9.55. The third-order valence-electron chi connectivity index (χ3n) is 13.3. The lowest BCUT2D eigenvalue weighted by Crippen LogP contribution is -2.70. The Balaban J connectivity index is 1.39. The van der Waals surface area contributed by atoms with Crippen LogP contribution < -0.4 is 14.8 Å². The summed E-state index contributed by atoms with van der Waals surface area (Å²) in [4.78, 5) is 47.1. The first-order valence-corrected chi connectivity index (χ1v) is 24.3. The van der Waals surface area contributed by atoms with Crippen LogP contribution in [0.15, 0.2) is 139 Å². The number of fused-ring (bicyclic) bond motifs is 2. The zero-order chi connectivity index (χ0) is 50.0. The van der Waals surface area contributed by atoms with E-state index in [9.17, 15) is 35.0 Å². The van der Waals surface area contributed by atoms with Crippen LogP contribution in [0.1, 0.15) is 73.1 Å². The van der Waals surface area contributed by atoms with Gasteiger partial charge < -0.3 is 49.3 Å². The van der Waals surface area contributed by atoms with Crippen molar-refractivity contribution in [2.75, 3.05) is 46.2 Å². The van der Waals surface area contributed by atoms with Crippen LogP contribution in [-0.4, -0.2) is 101 Å². The predicted octanol–water partition coefficient (Wildman–Crippen LogP) is 8.27. The highest BCUT2D eigenvalue weighted by Gasteiger charge is 2.65. The van der Waals surface area contributed by atoms with E-state index in [4.69, 9.17) is 28.9 Å². The molecule has 1 aliphatic heterocycles. The summed E-state index contributed by atoms with van der Waals surface area (Å²) in [6, 6.07) is 29.4. The number of carbonyl (C=O) groups is 2. The minimum Gasteiger partial charge on any atom is -0.459 e. The summed E-state index contributed by atoms with van der Waals surface area (Å²) in [6.45, 7) is 4.40. The van der Waals surface area contributed by atoms with Gasteiger partial charge in [-0.25, -0.2) is 4.79 Å². The van der Waals surface area contributed by atoms with Gasteiger partial charge in [-0.2, -0.15) is 0 Å². The maximum absolute atomic E-state index is 15.0. The van der Waals surface area contributed by atoms with Gasteiger partial charge in [-0.3, -0.25) is 14.9 Å². The number of oxime groups is 1. The number of nitro benzene ring substituents is 1. The molecule has 16 heteroatoms. The summed E-state index contributed by atoms with van der Waals surface area (Å²) >= 11 is 0. The molecule has 0 saturated heterocycles. The number of benzene rings is 4. The molecule has 2 amide bonds. The number of unbranched alkanes of at least 4 members (excludes halogenated alkanes) is 2. The Morgan fingerprint density at radius 3 is 2.31 bits per heavy atom. The molecular weight excluding hydrogens is 909 g/mol. The molecule has 16 nitrogen and oxygen atoms in total. The first-order valence-electron chi connectivity index (χ1n) is 24.3. The van der Waals surface area contributed by atoms with Gasteiger partial charge in [0.25, 0.3) is 5.69 Å². The van der Waals surface area contributed by atoms with Crippen LogP contribution in [-0.2, 0) is 32.3 Å². The molecule has 0 bridgehead atoms. The number of allylic oxidation sites excluding steroid dienone is 1. The smallest absolute Gasteiger partial charge is 0.412 e. The van der Waals surface area contributed by atoms with Crippen molar-refractivity contribution in [3.63, 3.8) is 0 Å². The highest BCUT2D eigenvalue weighted by Crippen LogP contribution is 2.62. The lowest BCUT2D eigenvalue weighted by molar-refractivity contribution is -0.384. The highest BCUT2D eigenvalue weighted by atomic mass is 16.7. The van der Waals surface area contributed by atoms with Crippen molar-refractivity contribution in [1.29, 1.82) is 0 Å². The largest absolute Gasteiger partial charge is 0.459 e. The van der Waals surface area contributed by atoms with Gasteiger partial charge in [-0.15, -0.1) is 6.58 Å². The molecule has 4 aromatic carbocycles. The van der Waals surface area contributed by atoms with Gasteiger partial charge >= 0.3 is 6.09 Å². The second-order valence-electron chi connectivity index (χ2n) is 17.8. The Labute approximate surface area is 414 Å². The molecule has 376 valence electrons. The van der Waals surface area contributed by atoms with E-state index in [1.807, 2.05) is 66.7 Å². The number of nitrogens with zero attached hydrogens (tertiary/aromatic N) is 3. The highest BCUT2D eigenvalue weighted by molar-refractivity contribution is 6.03. The van der Waals surface area contributed by atoms with Crippen molar-refractivity contribution in [3.05, 3.63) is 166 Å². The average molecular weight is 973 g/mol. The van der Waals surface area contributed by atoms with Gasteiger partial charge in [-0.1, -0.05) is 90.8 Å². The van der Waals surface area contributed by atoms with E-state index in [2.05, 4.69) is 18.0 Å². The maximum atomic E-state index is 15.0. The Bertz CT molecular complexity index is 2480. The summed E-state index contributed by atoms with van der Waals surface area (Å²) in [7, 11) is 0. The molecule has 1 saturated carbocycles. The van der Waals surface area contributed by atoms with E-state index >= 15 is 0 Å². The topological polar surface area (TPSA) is 212 Å². The second-order valence-corrected chi connectivity index (χ2v) is 17.8. The van der Waals surface area contributed by atoms with Crippen LogP contribution in [0.3, 0.4) is 0 Å². The van der Waals surface area contributed by atoms with Crippen molar-refractivity contribution >= 4 is 29.5 Å². The Kier molecular flexibility index (Phi) is 19.1. The number of hydrogen-bond acceptors (Lipinski definition) is 13. The molecular formula is C55H64N4O12. The number of aliphatic hydroxyl groups is 3. The van der Waals surface area contributed by atoms with Gasteiger partial charge in [0.15, 0.2) is 0 Å². The summed E-state index contributed by atoms with van der Waals surface area (Å²) in [5.74, 6) is -2.50. The number of carbonyl (C=O) groups excluding carboxylic acids is 2. The SMILES string of the molecule is C=CCOC12Oc3ccc(OC(=O)NCc4ccccc4)cc3C3C(CCCCO)C(CCCCO)C=C(C(=NOCc4ccccc4)CC1N(CCOCCO)C(=O)C=Cc1ccc([N+](=O)[O-])cc1)C32. The number of hydrogen-bond donors (Lipinski definition) is 4. The molecule has 0 radical (unpaired) electrons. The van der Waals surface area contributed by atoms with Crippen molar-refractivity contribution in [2.24, 2.45) is 22.9 Å². The fourth-order valence-corrected chi connectivity index (χ4v) is 10.1. The molecule has 1 heterocycles. The van der Waals surface area contributed by atoms with Crippen LogP contribution in [0.25, 0.3) is 6.08 Å². The molecule has 71 heavy (non-hydrogen) atoms. The van der Waals surface area contributed by atoms with Gasteiger partial charge in [-0.05, 0) is 96.2 Å². The standard InChI is InChI=1S/C55H64N4O12/c1-2-31-68-55-50(58(27-32-67-33-30-62)51(63)26-21-39-19-22-43(23-20-39)59(65)66)36-48(57-69-38-41-15-7-4-8-16-41)46-34-42(17-9-11-28-60)45(18-10-12-29-61)52(53(46)55)47-35-44(24-25-49(47)71-55)70-54(64)56-37-40-13-5-3-6-14-40/h2-8,13-16,19-26,34-35,42,45,50,52-53,60-62H,1,9-12,17-18,27-33,36-38H2,(H,56,64). The average Bonchev–Trinajstić information content (AvgIpc) is 3.39. The number of nitrogens with one attached hydrogen (secondary N) is 1. The third-order valence-corrected chi connectivity index (χ3v) is 13.3. The zero-order valence-corrected chi connectivity index (χ0v) is 39.9. The van der Waals surface area contributed by atoms with Gasteiger partial charge in [0, 0.05) is 62.4 Å². The quantitative estimate of drug-likeness (QED) is 0.0154. The first kappa shape index (κ1) is 52.1. The number of non-ortho nitro benzene ring substituents is 1. The summed E-state index contributed by atoms with van der Waals surface area (Å²) in [6.07, 6.45) is 10.4. The van der Waals surface area contributed by atoms with E-state index in [1.54, 1.807) is 41.3 Å². The monoisotopic (exact) mass is 972 g/mol. The molecule has 2 aliphatic carbocycles. The van der Waals surface area contributed by atoms with Crippen molar-refractivity contribution < 1.29 is 53.6 Å². The van der Waals surface area contributed by atoms with Crippen LogP contribution in [0.2, 0.25) is 0 Å². The predicted molar refractivity (Wildman–Crippen MR) is 267 cm³/mol. The van der Waals surface area contributed by atoms with Crippen molar-refractivity contribution in [1.82, 2.24) is 10.2 Å². The van der Waals surface area contributed by atoms with Crippen LogP contribution >= 0.6 is 0 Å². The Morgan fingerprint density at radius 1 is 0.901 bits per heavy atom. The zero-order valence-electron chi connectivity index (χ0n) is 39.9. The molecule has 4 N–H and O–H groups in total. The third kappa shape index (κ3) is 13.2. The fourth-order valence-electron chi connectivity index (χ4n) is 10.1. The van der Waals surface area contributed by atoms with Gasteiger partial charge in [0.2, 0.25) is 11.7 Å². The van der Waals surface area contributed by atoms with E-state index in [0.29, 0.717) is 48.5 Å². The molecule has 0 aromatic heterocycles. The van der Waals surface area contributed by atoms with E-state index in [0.717, 1.165) is 35.1 Å². The maximum Gasteiger partial charge on any atom is 0.412 e. The fraction of sp³-hybridized carbons (Fsp3) is 0.400. The minimum atomic E-state index is -1.61. The van der Waals surface area contributed by atoms with Crippen LogP contribution in [0.5, 0.6) is 11.5 Å². The molecule has 1 fully saturated rings. The van der Waals surface area contributed by atoms with Crippen LogP contribution in [0.4, 0.5) is 10.5 Å². The van der Waals surface area contributed by atoms with Gasteiger partial charge in [0.05, 0.1) is 43.0 Å². The summed E-state index contributed by atoms with van der Waals surface area (Å²) < 4.78 is 26.2. The Morgan fingerprint density at radius 2 is 1.62 bits per heavy atom. The molecule has 3 aliphatic rings. The first-order chi connectivity index (χ1) is 34.7. The van der Waals surface area contributed by atoms with E-state index in [-0.39, 0.29) is 83.3 Å². The summed E-state index contributed by atoms with van der Waals surface area (Å²) in [5, 5.41) is 48.8. The number of nitro groups is 1. The minimum absolute atomic E-state index is 0.0136. The lowest BCUT2D eigenvalue weighted by Gasteiger charge is -2.60. The van der Waals surface area contributed by atoms with Crippen molar-refractivity contribution in [2.45, 2.75) is 75.8 Å². The van der Waals surface area contributed by atoms with Crippen molar-refractivity contribution in [3.8, 4) is 11.5 Å². The molecule has 6 unspecified atom stereocenters. The second kappa shape index (κ2) is 26.0.